The number of benzene rings is 1. The topological polar surface area (TPSA) is 26.3 Å². The first-order valence-corrected chi connectivity index (χ1v) is 4.76. The number of carbonyl (C=O) groups is 1. The Morgan fingerprint density at radius 3 is 2.71 bits per heavy atom. The second-order valence-corrected chi connectivity index (χ2v) is 3.33. The molecule has 0 amide bonds. The lowest BCUT2D eigenvalue weighted by Crippen LogP contribution is -2.03. The van der Waals surface area contributed by atoms with Crippen LogP contribution in [-0.4, -0.2) is 12.6 Å². The van der Waals surface area contributed by atoms with Crippen LogP contribution in [0.2, 0.25) is 0 Å². The lowest BCUT2D eigenvalue weighted by Gasteiger charge is -1.96. The lowest BCUT2D eigenvalue weighted by molar-refractivity contribution is -0.140. The van der Waals surface area contributed by atoms with Crippen molar-refractivity contribution >= 4 is 12.0 Å². The van der Waals surface area contributed by atoms with Gasteiger partial charge in [0.2, 0.25) is 0 Å². The Morgan fingerprint density at radius 2 is 2.07 bits per heavy atom. The third kappa shape index (κ3) is 2.02. The lowest BCUT2D eigenvalue weighted by atomic mass is 10.1. The Bertz CT molecular complexity index is 341. The van der Waals surface area contributed by atoms with Gasteiger partial charge in [-0.1, -0.05) is 42.5 Å². The van der Waals surface area contributed by atoms with Crippen molar-refractivity contribution in [3.05, 3.63) is 42.0 Å². The van der Waals surface area contributed by atoms with Gasteiger partial charge < -0.3 is 4.74 Å². The molecule has 0 N–H and O–H groups in total. The first kappa shape index (κ1) is 9.00. The third-order valence-electron chi connectivity index (χ3n) is 2.30. The number of hydrogen-bond donors (Lipinski definition) is 0. The van der Waals surface area contributed by atoms with E-state index in [1.54, 1.807) is 0 Å². The van der Waals surface area contributed by atoms with Gasteiger partial charge in [0.1, 0.15) is 0 Å². The molecule has 1 aromatic carbocycles. The number of ether oxygens (including phenoxy) is 1. The number of esters is 1. The van der Waals surface area contributed by atoms with Crippen molar-refractivity contribution in [2.24, 2.45) is 5.92 Å². The summed E-state index contributed by atoms with van der Waals surface area (Å²) >= 11 is 0. The highest BCUT2D eigenvalue weighted by molar-refractivity contribution is 5.77. The van der Waals surface area contributed by atoms with Crippen LogP contribution in [0.4, 0.5) is 0 Å². The van der Waals surface area contributed by atoms with Crippen molar-refractivity contribution < 1.29 is 9.53 Å². The average Bonchev–Trinajstić information content (AvgIpc) is 2.63. The monoisotopic (exact) mass is 188 g/mol. The van der Waals surface area contributed by atoms with Crippen LogP contribution in [0.5, 0.6) is 0 Å². The Morgan fingerprint density at radius 1 is 1.29 bits per heavy atom. The molecule has 2 rings (SSSR count). The maximum Gasteiger partial charge on any atom is 0.312 e. The van der Waals surface area contributed by atoms with E-state index in [0.717, 1.165) is 12.0 Å². The van der Waals surface area contributed by atoms with Gasteiger partial charge in [-0.25, -0.2) is 0 Å². The Labute approximate surface area is 83.2 Å². The van der Waals surface area contributed by atoms with E-state index in [1.807, 2.05) is 42.5 Å². The predicted molar refractivity (Wildman–Crippen MR) is 54.5 cm³/mol. The molecule has 0 saturated carbocycles. The summed E-state index contributed by atoms with van der Waals surface area (Å²) in [5.41, 5.74) is 1.12. The third-order valence-corrected chi connectivity index (χ3v) is 2.30. The Balaban J connectivity index is 2.03. The zero-order chi connectivity index (χ0) is 9.80. The normalized spacial score (nSPS) is 21.4. The van der Waals surface area contributed by atoms with E-state index >= 15 is 0 Å². The highest BCUT2D eigenvalue weighted by atomic mass is 16.5. The van der Waals surface area contributed by atoms with Crippen molar-refractivity contribution in [3.63, 3.8) is 0 Å². The van der Waals surface area contributed by atoms with Gasteiger partial charge in [0.15, 0.2) is 0 Å². The van der Waals surface area contributed by atoms with Gasteiger partial charge in [-0.2, -0.15) is 0 Å². The molecule has 1 aliphatic heterocycles. The predicted octanol–water partition coefficient (Wildman–Crippen LogP) is 2.26. The van der Waals surface area contributed by atoms with E-state index in [-0.39, 0.29) is 11.9 Å². The molecule has 2 heteroatoms. The summed E-state index contributed by atoms with van der Waals surface area (Å²) in [4.78, 5) is 11.1. The van der Waals surface area contributed by atoms with Gasteiger partial charge in [0.05, 0.1) is 12.5 Å². The van der Waals surface area contributed by atoms with E-state index in [2.05, 4.69) is 0 Å². The molecule has 1 aromatic rings. The fraction of sp³-hybridized carbons (Fsp3) is 0.250. The second kappa shape index (κ2) is 4.09. The van der Waals surface area contributed by atoms with Crippen molar-refractivity contribution in [2.45, 2.75) is 6.42 Å². The van der Waals surface area contributed by atoms with E-state index in [9.17, 15) is 4.79 Å². The molecule has 2 nitrogen and oxygen atoms in total. The van der Waals surface area contributed by atoms with Crippen LogP contribution in [0.1, 0.15) is 12.0 Å². The van der Waals surface area contributed by atoms with Crippen molar-refractivity contribution in [1.82, 2.24) is 0 Å². The van der Waals surface area contributed by atoms with Gasteiger partial charge in [-0.05, 0) is 12.0 Å². The zero-order valence-electron chi connectivity index (χ0n) is 7.85. The molecule has 1 saturated heterocycles. The fourth-order valence-corrected chi connectivity index (χ4v) is 1.48. The van der Waals surface area contributed by atoms with Crippen LogP contribution in [0.3, 0.4) is 0 Å². The van der Waals surface area contributed by atoms with E-state index < -0.39 is 0 Å². The minimum Gasteiger partial charge on any atom is -0.465 e. The average molecular weight is 188 g/mol. The summed E-state index contributed by atoms with van der Waals surface area (Å²) in [6, 6.07) is 9.95. The quantitative estimate of drug-likeness (QED) is 0.665. The molecule has 0 radical (unpaired) electrons. The molecule has 1 fully saturated rings. The highest BCUT2D eigenvalue weighted by Gasteiger charge is 2.23. The van der Waals surface area contributed by atoms with E-state index in [0.29, 0.717) is 6.61 Å². The summed E-state index contributed by atoms with van der Waals surface area (Å²) < 4.78 is 4.86. The van der Waals surface area contributed by atoms with Gasteiger partial charge in [-0.15, -0.1) is 0 Å². The molecule has 0 aromatic heterocycles. The van der Waals surface area contributed by atoms with Crippen LogP contribution in [-0.2, 0) is 9.53 Å². The maximum absolute atomic E-state index is 11.1. The van der Waals surface area contributed by atoms with E-state index in [1.165, 1.54) is 0 Å². The van der Waals surface area contributed by atoms with Gasteiger partial charge in [0.25, 0.3) is 0 Å². The molecule has 14 heavy (non-hydrogen) atoms. The van der Waals surface area contributed by atoms with Gasteiger partial charge >= 0.3 is 5.97 Å². The van der Waals surface area contributed by atoms with Crippen molar-refractivity contribution in [2.75, 3.05) is 6.61 Å². The van der Waals surface area contributed by atoms with Crippen molar-refractivity contribution in [3.8, 4) is 0 Å². The smallest absolute Gasteiger partial charge is 0.312 e. The summed E-state index contributed by atoms with van der Waals surface area (Å²) in [6.45, 7) is 0.558. The fourth-order valence-electron chi connectivity index (χ4n) is 1.48. The van der Waals surface area contributed by atoms with Crippen LogP contribution in [0.15, 0.2) is 36.4 Å². The molecule has 1 atom stereocenters. The molecule has 1 aliphatic rings. The van der Waals surface area contributed by atoms with Crippen molar-refractivity contribution in [1.29, 1.82) is 0 Å². The number of carbonyl (C=O) groups excluding carboxylic acids is 1. The zero-order valence-corrected chi connectivity index (χ0v) is 7.85. The molecular weight excluding hydrogens is 176 g/mol. The SMILES string of the molecule is O=C1OCCC1/C=C/c1ccccc1. The molecule has 0 spiro atoms. The summed E-state index contributed by atoms with van der Waals surface area (Å²) in [6.07, 6.45) is 4.70. The first-order chi connectivity index (χ1) is 6.86. The molecule has 1 unspecified atom stereocenters. The Kier molecular flexibility index (Phi) is 2.63. The van der Waals surface area contributed by atoms with Gasteiger partial charge in [0, 0.05) is 0 Å². The minimum atomic E-state index is -0.0998. The molecule has 0 bridgehead atoms. The molecule has 1 heterocycles. The number of cyclic esters (lactones) is 1. The minimum absolute atomic E-state index is 0.0461. The van der Waals surface area contributed by atoms with Crippen LogP contribution < -0.4 is 0 Å². The number of rotatable bonds is 2. The standard InChI is InChI=1S/C12H12O2/c13-12-11(8-9-14-12)7-6-10-4-2-1-3-5-10/h1-7,11H,8-9H2/b7-6+. The van der Waals surface area contributed by atoms with Crippen LogP contribution >= 0.6 is 0 Å². The summed E-state index contributed by atoms with van der Waals surface area (Å²) in [5.74, 6) is -0.146. The summed E-state index contributed by atoms with van der Waals surface area (Å²) in [7, 11) is 0. The second-order valence-electron chi connectivity index (χ2n) is 3.33. The van der Waals surface area contributed by atoms with Gasteiger partial charge in [-0.3, -0.25) is 4.79 Å². The largest absolute Gasteiger partial charge is 0.465 e. The molecular formula is C12H12O2. The highest BCUT2D eigenvalue weighted by Crippen LogP contribution is 2.16. The van der Waals surface area contributed by atoms with E-state index in [4.69, 9.17) is 4.74 Å². The van der Waals surface area contributed by atoms with Crippen LogP contribution in [0.25, 0.3) is 6.08 Å². The molecule has 0 aliphatic carbocycles. The summed E-state index contributed by atoms with van der Waals surface area (Å²) in [5, 5.41) is 0. The number of hydrogen-bond acceptors (Lipinski definition) is 2. The first-order valence-electron chi connectivity index (χ1n) is 4.76. The maximum atomic E-state index is 11.1. The van der Waals surface area contributed by atoms with Crippen LogP contribution in [0, 0.1) is 5.92 Å². The molecule has 72 valence electrons. The Hall–Kier alpha value is -1.57.